The highest BCUT2D eigenvalue weighted by molar-refractivity contribution is 6.04. The van der Waals surface area contributed by atoms with Crippen LogP contribution >= 0.6 is 0 Å². The van der Waals surface area contributed by atoms with Crippen molar-refractivity contribution in [1.29, 1.82) is 0 Å². The number of H-pyrrole nitrogens is 1. The molecule has 5 heteroatoms. The summed E-state index contributed by atoms with van der Waals surface area (Å²) in [7, 11) is 0. The van der Waals surface area contributed by atoms with Crippen molar-refractivity contribution < 1.29 is 9.90 Å². The fraction of sp³-hybridized carbons (Fsp3) is 0.250. The Morgan fingerprint density at radius 1 is 1.43 bits per heavy atom. The van der Waals surface area contributed by atoms with Crippen molar-refractivity contribution in [3.05, 3.63) is 46.8 Å². The topological polar surface area (TPSA) is 78.0 Å². The Balaban J connectivity index is 2.18. The number of hydrogen-bond acceptors (Lipinski definition) is 3. The Labute approximate surface area is 123 Å². The first-order valence-electron chi connectivity index (χ1n) is 6.63. The first kappa shape index (κ1) is 14.8. The Kier molecular flexibility index (Phi) is 4.75. The van der Waals surface area contributed by atoms with Crippen LogP contribution in [0.15, 0.2) is 24.4 Å². The summed E-state index contributed by atoms with van der Waals surface area (Å²) in [4.78, 5) is 12.1. The van der Waals surface area contributed by atoms with E-state index >= 15 is 0 Å². The Bertz CT molecular complexity index is 708. The molecular formula is C16H17N3O2. The van der Waals surface area contributed by atoms with Gasteiger partial charge in [0.2, 0.25) is 0 Å². The fourth-order valence-corrected chi connectivity index (χ4v) is 1.83. The number of carbonyl (C=O) groups is 1. The maximum atomic E-state index is 12.1. The van der Waals surface area contributed by atoms with Gasteiger partial charge in [0.25, 0.3) is 5.91 Å². The molecule has 2 aromatic rings. The number of benzene rings is 1. The van der Waals surface area contributed by atoms with Gasteiger partial charge in [-0.05, 0) is 31.5 Å². The normalized spacial score (nSPS) is 9.86. The number of nitrogens with one attached hydrogen (secondary N) is 2. The predicted molar refractivity (Wildman–Crippen MR) is 81.0 cm³/mol. The smallest absolute Gasteiger partial charge is 0.259 e. The summed E-state index contributed by atoms with van der Waals surface area (Å²) in [5.41, 5.74) is 3.79. The van der Waals surface area contributed by atoms with E-state index in [0.717, 1.165) is 16.8 Å². The van der Waals surface area contributed by atoms with Crippen molar-refractivity contribution in [3.63, 3.8) is 0 Å². The van der Waals surface area contributed by atoms with Gasteiger partial charge in [-0.1, -0.05) is 17.9 Å². The van der Waals surface area contributed by atoms with E-state index in [0.29, 0.717) is 17.7 Å². The standard InChI is InChI=1S/C16H17N3O2/c1-11-6-7-14(9-13(11)5-3-4-8-20)18-16(21)15-10-17-19-12(15)2/h6-7,9-10,20H,4,8H2,1-2H3,(H,17,19)(H,18,21). The van der Waals surface area contributed by atoms with Crippen LogP contribution in [0.5, 0.6) is 0 Å². The molecule has 0 atom stereocenters. The molecule has 3 N–H and O–H groups in total. The monoisotopic (exact) mass is 283 g/mol. The number of aryl methyl sites for hydroxylation is 2. The molecule has 0 saturated heterocycles. The van der Waals surface area contributed by atoms with Gasteiger partial charge in [-0.25, -0.2) is 0 Å². The lowest BCUT2D eigenvalue weighted by Gasteiger charge is -2.06. The fourth-order valence-electron chi connectivity index (χ4n) is 1.83. The Morgan fingerprint density at radius 3 is 2.90 bits per heavy atom. The van der Waals surface area contributed by atoms with Gasteiger partial charge in [0.15, 0.2) is 0 Å². The van der Waals surface area contributed by atoms with E-state index in [-0.39, 0.29) is 12.5 Å². The number of anilines is 1. The summed E-state index contributed by atoms with van der Waals surface area (Å²) in [5.74, 6) is 5.67. The second-order valence-corrected chi connectivity index (χ2v) is 4.67. The van der Waals surface area contributed by atoms with Crippen LogP contribution in [0.25, 0.3) is 0 Å². The minimum atomic E-state index is -0.209. The zero-order chi connectivity index (χ0) is 15.2. The van der Waals surface area contributed by atoms with Crippen molar-refractivity contribution >= 4 is 11.6 Å². The summed E-state index contributed by atoms with van der Waals surface area (Å²) in [6.07, 6.45) is 1.94. The molecule has 0 unspecified atom stereocenters. The van der Waals surface area contributed by atoms with Crippen LogP contribution in [-0.2, 0) is 0 Å². The molecule has 108 valence electrons. The van der Waals surface area contributed by atoms with Gasteiger partial charge in [-0.15, -0.1) is 0 Å². The lowest BCUT2D eigenvalue weighted by Crippen LogP contribution is -2.12. The number of carbonyl (C=O) groups excluding carboxylic acids is 1. The number of aromatic amines is 1. The summed E-state index contributed by atoms with van der Waals surface area (Å²) < 4.78 is 0. The summed E-state index contributed by atoms with van der Waals surface area (Å²) in [5, 5.41) is 18.1. The number of rotatable bonds is 3. The van der Waals surface area contributed by atoms with E-state index < -0.39 is 0 Å². The Hall–Kier alpha value is -2.58. The van der Waals surface area contributed by atoms with Crippen LogP contribution in [0.1, 0.15) is 33.6 Å². The van der Waals surface area contributed by atoms with Crippen LogP contribution in [0.4, 0.5) is 5.69 Å². The molecule has 0 aliphatic rings. The number of amides is 1. The Morgan fingerprint density at radius 2 is 2.24 bits per heavy atom. The SMILES string of the molecule is Cc1ccc(NC(=O)c2cn[nH]c2C)cc1C#CCCO. The second kappa shape index (κ2) is 6.73. The molecule has 0 spiro atoms. The number of aromatic nitrogens is 2. The number of nitrogens with zero attached hydrogens (tertiary/aromatic N) is 1. The molecule has 5 nitrogen and oxygen atoms in total. The molecule has 21 heavy (non-hydrogen) atoms. The van der Waals surface area contributed by atoms with Gasteiger partial charge in [-0.2, -0.15) is 5.10 Å². The molecule has 1 aromatic heterocycles. The predicted octanol–water partition coefficient (Wildman–Crippen LogP) is 2.01. The van der Waals surface area contributed by atoms with Crippen LogP contribution in [-0.4, -0.2) is 27.8 Å². The summed E-state index contributed by atoms with van der Waals surface area (Å²) >= 11 is 0. The quantitative estimate of drug-likeness (QED) is 0.754. The van der Waals surface area contributed by atoms with Gasteiger partial charge in [0, 0.05) is 23.4 Å². The zero-order valence-electron chi connectivity index (χ0n) is 12.0. The molecule has 2 rings (SSSR count). The van der Waals surface area contributed by atoms with Crippen LogP contribution in [0, 0.1) is 25.7 Å². The van der Waals surface area contributed by atoms with Crippen molar-refractivity contribution in [2.45, 2.75) is 20.3 Å². The van der Waals surface area contributed by atoms with Crippen molar-refractivity contribution in [2.75, 3.05) is 11.9 Å². The van der Waals surface area contributed by atoms with Crippen molar-refractivity contribution in [3.8, 4) is 11.8 Å². The minimum Gasteiger partial charge on any atom is -0.395 e. The zero-order valence-corrected chi connectivity index (χ0v) is 12.0. The van der Waals surface area contributed by atoms with Gasteiger partial charge >= 0.3 is 0 Å². The number of aliphatic hydroxyl groups excluding tert-OH is 1. The van der Waals surface area contributed by atoms with Crippen LogP contribution < -0.4 is 5.32 Å². The van der Waals surface area contributed by atoms with Crippen LogP contribution in [0.3, 0.4) is 0 Å². The van der Waals surface area contributed by atoms with Gasteiger partial charge in [-0.3, -0.25) is 9.89 Å². The molecule has 1 aromatic carbocycles. The van der Waals surface area contributed by atoms with E-state index in [1.165, 1.54) is 6.20 Å². The first-order valence-corrected chi connectivity index (χ1v) is 6.63. The van der Waals surface area contributed by atoms with E-state index in [2.05, 4.69) is 27.4 Å². The highest BCUT2D eigenvalue weighted by Gasteiger charge is 2.11. The molecule has 0 fully saturated rings. The number of aliphatic hydroxyl groups is 1. The average Bonchev–Trinajstić information content (AvgIpc) is 2.89. The van der Waals surface area contributed by atoms with E-state index in [1.54, 1.807) is 6.92 Å². The van der Waals surface area contributed by atoms with E-state index in [1.807, 2.05) is 25.1 Å². The van der Waals surface area contributed by atoms with E-state index in [4.69, 9.17) is 5.11 Å². The van der Waals surface area contributed by atoms with Gasteiger partial charge < -0.3 is 10.4 Å². The third-order valence-electron chi connectivity index (χ3n) is 3.03. The van der Waals surface area contributed by atoms with Gasteiger partial charge in [0.1, 0.15) is 0 Å². The minimum absolute atomic E-state index is 0.0439. The van der Waals surface area contributed by atoms with Gasteiger partial charge in [0.05, 0.1) is 18.4 Å². The van der Waals surface area contributed by atoms with Crippen LogP contribution in [0.2, 0.25) is 0 Å². The molecule has 0 aliphatic heterocycles. The molecule has 1 amide bonds. The lowest BCUT2D eigenvalue weighted by molar-refractivity contribution is 0.102. The average molecular weight is 283 g/mol. The van der Waals surface area contributed by atoms with Crippen molar-refractivity contribution in [2.24, 2.45) is 0 Å². The third-order valence-corrected chi connectivity index (χ3v) is 3.03. The maximum absolute atomic E-state index is 12.1. The molecule has 0 bridgehead atoms. The largest absolute Gasteiger partial charge is 0.395 e. The van der Waals surface area contributed by atoms with E-state index in [9.17, 15) is 4.79 Å². The third kappa shape index (κ3) is 3.71. The lowest BCUT2D eigenvalue weighted by atomic mass is 10.1. The maximum Gasteiger partial charge on any atom is 0.259 e. The number of hydrogen-bond donors (Lipinski definition) is 3. The summed E-state index contributed by atoms with van der Waals surface area (Å²) in [6, 6.07) is 5.56. The first-order chi connectivity index (χ1) is 10.1. The second-order valence-electron chi connectivity index (χ2n) is 4.67. The molecule has 1 heterocycles. The van der Waals surface area contributed by atoms with Crippen molar-refractivity contribution in [1.82, 2.24) is 10.2 Å². The highest BCUT2D eigenvalue weighted by Crippen LogP contribution is 2.16. The highest BCUT2D eigenvalue weighted by atomic mass is 16.2. The molecule has 0 aliphatic carbocycles. The summed E-state index contributed by atoms with van der Waals surface area (Å²) in [6.45, 7) is 3.79. The molecular weight excluding hydrogens is 266 g/mol. The molecule has 0 radical (unpaired) electrons. The molecule has 0 saturated carbocycles.